The zero-order valence-electron chi connectivity index (χ0n) is 10.4. The lowest BCUT2D eigenvalue weighted by molar-refractivity contribution is 0.413. The maximum atomic E-state index is 6.03. The minimum atomic E-state index is 0.308. The van der Waals surface area contributed by atoms with Crippen LogP contribution >= 0.6 is 11.6 Å². The summed E-state index contributed by atoms with van der Waals surface area (Å²) in [5.74, 6) is 0.852. The third-order valence-corrected chi connectivity index (χ3v) is 3.75. The third-order valence-electron chi connectivity index (χ3n) is 3.51. The highest BCUT2D eigenvalue weighted by atomic mass is 35.5. The van der Waals surface area contributed by atoms with Crippen molar-refractivity contribution in [2.24, 2.45) is 11.1 Å². The van der Waals surface area contributed by atoms with Gasteiger partial charge in [-0.1, -0.05) is 11.6 Å². The smallest absolute Gasteiger partial charge is 0.142 e. The van der Waals surface area contributed by atoms with Gasteiger partial charge in [0.15, 0.2) is 0 Å². The van der Waals surface area contributed by atoms with E-state index in [1.54, 1.807) is 7.11 Å². The quantitative estimate of drug-likeness (QED) is 0.878. The Hall–Kier alpha value is -0.930. The number of anilines is 1. The molecule has 1 aromatic rings. The molecule has 2 N–H and O–H groups in total. The van der Waals surface area contributed by atoms with Crippen molar-refractivity contribution in [3.8, 4) is 5.75 Å². The molecule has 2 rings (SSSR count). The van der Waals surface area contributed by atoms with Crippen LogP contribution in [0.1, 0.15) is 12.8 Å². The minimum Gasteiger partial charge on any atom is -0.495 e. The molecule has 0 amide bonds. The Morgan fingerprint density at radius 3 is 2.71 bits per heavy atom. The average molecular weight is 255 g/mol. The van der Waals surface area contributed by atoms with Gasteiger partial charge in [0, 0.05) is 24.0 Å². The summed E-state index contributed by atoms with van der Waals surface area (Å²) >= 11 is 6.03. The molecule has 0 bridgehead atoms. The molecule has 1 aromatic carbocycles. The summed E-state index contributed by atoms with van der Waals surface area (Å²) in [4.78, 5) is 2.19. The molecule has 94 valence electrons. The second-order valence-corrected chi connectivity index (χ2v) is 5.31. The summed E-state index contributed by atoms with van der Waals surface area (Å²) in [6.45, 7) is 1.71. The minimum absolute atomic E-state index is 0.308. The van der Waals surface area contributed by atoms with Gasteiger partial charge >= 0.3 is 0 Å². The molecule has 3 nitrogen and oxygen atoms in total. The van der Waals surface area contributed by atoms with Gasteiger partial charge in [-0.3, -0.25) is 0 Å². The molecule has 0 atom stereocenters. The molecule has 1 aliphatic carbocycles. The Bertz CT molecular complexity index is 404. The number of hydrogen-bond donors (Lipinski definition) is 1. The van der Waals surface area contributed by atoms with Gasteiger partial charge in [-0.05, 0) is 37.6 Å². The molecule has 1 aliphatic rings. The largest absolute Gasteiger partial charge is 0.495 e. The van der Waals surface area contributed by atoms with Gasteiger partial charge in [0.25, 0.3) is 0 Å². The molecule has 1 fully saturated rings. The summed E-state index contributed by atoms with van der Waals surface area (Å²) in [7, 11) is 3.74. The summed E-state index contributed by atoms with van der Waals surface area (Å²) in [6.07, 6.45) is 2.44. The van der Waals surface area contributed by atoms with Gasteiger partial charge in [0.2, 0.25) is 0 Å². The second-order valence-electron chi connectivity index (χ2n) is 4.88. The van der Waals surface area contributed by atoms with Gasteiger partial charge in [-0.15, -0.1) is 0 Å². The molecule has 0 radical (unpaired) electrons. The van der Waals surface area contributed by atoms with E-state index in [1.165, 1.54) is 12.8 Å². The van der Waals surface area contributed by atoms with Crippen molar-refractivity contribution < 1.29 is 4.74 Å². The number of nitrogens with zero attached hydrogens (tertiary/aromatic N) is 1. The Balaban J connectivity index is 2.17. The Labute approximate surface area is 107 Å². The standard InChI is InChI=1S/C13H19ClN2O/c1-16(9-13(8-15)5-6-13)11-7-10(14)3-4-12(11)17-2/h3-4,7H,5-6,8-9,15H2,1-2H3. The molecule has 0 saturated heterocycles. The predicted molar refractivity (Wildman–Crippen MR) is 72.0 cm³/mol. The molecule has 0 spiro atoms. The van der Waals surface area contributed by atoms with E-state index < -0.39 is 0 Å². The summed E-state index contributed by atoms with van der Waals surface area (Å²) < 4.78 is 5.36. The van der Waals surface area contributed by atoms with E-state index in [9.17, 15) is 0 Å². The summed E-state index contributed by atoms with van der Waals surface area (Å²) in [6, 6.07) is 5.68. The number of hydrogen-bond acceptors (Lipinski definition) is 3. The number of nitrogens with two attached hydrogens (primary N) is 1. The topological polar surface area (TPSA) is 38.5 Å². The van der Waals surface area contributed by atoms with Crippen LogP contribution in [0.15, 0.2) is 18.2 Å². The Morgan fingerprint density at radius 2 is 2.18 bits per heavy atom. The van der Waals surface area contributed by atoms with Gasteiger partial charge in [-0.25, -0.2) is 0 Å². The van der Waals surface area contributed by atoms with E-state index in [2.05, 4.69) is 11.9 Å². The van der Waals surface area contributed by atoms with E-state index >= 15 is 0 Å². The SMILES string of the molecule is COc1ccc(Cl)cc1N(C)CC1(CN)CC1. The van der Waals surface area contributed by atoms with Crippen LogP contribution in [-0.2, 0) is 0 Å². The Morgan fingerprint density at radius 1 is 1.47 bits per heavy atom. The molecule has 0 aliphatic heterocycles. The van der Waals surface area contributed by atoms with Crippen LogP contribution in [-0.4, -0.2) is 27.2 Å². The van der Waals surface area contributed by atoms with E-state index in [0.29, 0.717) is 5.41 Å². The van der Waals surface area contributed by atoms with Crippen molar-refractivity contribution in [1.29, 1.82) is 0 Å². The van der Waals surface area contributed by atoms with E-state index in [4.69, 9.17) is 22.1 Å². The van der Waals surface area contributed by atoms with Crippen molar-refractivity contribution in [2.45, 2.75) is 12.8 Å². The first-order chi connectivity index (χ1) is 8.10. The van der Waals surface area contributed by atoms with Crippen molar-refractivity contribution in [1.82, 2.24) is 0 Å². The van der Waals surface area contributed by atoms with Gasteiger partial charge < -0.3 is 15.4 Å². The van der Waals surface area contributed by atoms with Crippen LogP contribution in [0.3, 0.4) is 0 Å². The fourth-order valence-electron chi connectivity index (χ4n) is 2.15. The fourth-order valence-corrected chi connectivity index (χ4v) is 2.32. The van der Waals surface area contributed by atoms with Gasteiger partial charge in [0.05, 0.1) is 12.8 Å². The lowest BCUT2D eigenvalue weighted by atomic mass is 10.1. The number of methoxy groups -OCH3 is 1. The normalized spacial score (nSPS) is 16.7. The van der Waals surface area contributed by atoms with Crippen LogP contribution in [0.25, 0.3) is 0 Å². The predicted octanol–water partition coefficient (Wildman–Crippen LogP) is 2.52. The third kappa shape index (κ3) is 2.67. The van der Waals surface area contributed by atoms with Gasteiger partial charge in [-0.2, -0.15) is 0 Å². The fraction of sp³-hybridized carbons (Fsp3) is 0.538. The van der Waals surface area contributed by atoms with Crippen LogP contribution in [0.2, 0.25) is 5.02 Å². The molecule has 0 aromatic heterocycles. The lowest BCUT2D eigenvalue weighted by Gasteiger charge is -2.26. The Kier molecular flexibility index (Phi) is 3.50. The first-order valence-corrected chi connectivity index (χ1v) is 6.23. The van der Waals surface area contributed by atoms with Crippen molar-refractivity contribution in [3.63, 3.8) is 0 Å². The molecule has 0 heterocycles. The lowest BCUT2D eigenvalue weighted by Crippen LogP contribution is -2.31. The monoisotopic (exact) mass is 254 g/mol. The van der Waals surface area contributed by atoms with E-state index in [-0.39, 0.29) is 0 Å². The molecule has 1 saturated carbocycles. The highest BCUT2D eigenvalue weighted by Crippen LogP contribution is 2.46. The number of ether oxygens (including phenoxy) is 1. The second kappa shape index (κ2) is 4.75. The first-order valence-electron chi connectivity index (χ1n) is 5.85. The van der Waals surface area contributed by atoms with Crippen LogP contribution in [0.5, 0.6) is 5.75 Å². The summed E-state index contributed by atoms with van der Waals surface area (Å²) in [5.41, 5.74) is 7.15. The highest BCUT2D eigenvalue weighted by Gasteiger charge is 2.42. The number of halogens is 1. The van der Waals surface area contributed by atoms with E-state index in [1.807, 2.05) is 18.2 Å². The number of benzene rings is 1. The molecule has 17 heavy (non-hydrogen) atoms. The maximum absolute atomic E-state index is 6.03. The van der Waals surface area contributed by atoms with Crippen molar-refractivity contribution >= 4 is 17.3 Å². The molecular formula is C13H19ClN2O. The average Bonchev–Trinajstić information content (AvgIpc) is 3.09. The van der Waals surface area contributed by atoms with Crippen molar-refractivity contribution in [2.75, 3.05) is 32.1 Å². The zero-order chi connectivity index (χ0) is 12.5. The van der Waals surface area contributed by atoms with Crippen LogP contribution < -0.4 is 15.4 Å². The molecular weight excluding hydrogens is 236 g/mol. The molecule has 4 heteroatoms. The summed E-state index contributed by atoms with van der Waals surface area (Å²) in [5, 5.41) is 0.727. The highest BCUT2D eigenvalue weighted by molar-refractivity contribution is 6.30. The first kappa shape index (κ1) is 12.5. The maximum Gasteiger partial charge on any atom is 0.142 e. The van der Waals surface area contributed by atoms with E-state index in [0.717, 1.165) is 29.5 Å². The molecule has 0 unspecified atom stereocenters. The van der Waals surface area contributed by atoms with Crippen molar-refractivity contribution in [3.05, 3.63) is 23.2 Å². The number of rotatable bonds is 5. The zero-order valence-corrected chi connectivity index (χ0v) is 11.1. The van der Waals surface area contributed by atoms with Crippen LogP contribution in [0, 0.1) is 5.41 Å². The van der Waals surface area contributed by atoms with Gasteiger partial charge in [0.1, 0.15) is 5.75 Å². The van der Waals surface area contributed by atoms with Crippen LogP contribution in [0.4, 0.5) is 5.69 Å².